The fourth-order valence-corrected chi connectivity index (χ4v) is 4.83. The lowest BCUT2D eigenvalue weighted by Gasteiger charge is -2.44. The summed E-state index contributed by atoms with van der Waals surface area (Å²) in [6.07, 6.45) is 1.50. The zero-order chi connectivity index (χ0) is 17.2. The van der Waals surface area contributed by atoms with Gasteiger partial charge in [-0.05, 0) is 37.1 Å². The Morgan fingerprint density at radius 1 is 1.21 bits per heavy atom. The van der Waals surface area contributed by atoms with Gasteiger partial charge >= 0.3 is 0 Å². The number of ether oxygens (including phenoxy) is 1. The number of piperidine rings is 1. The molecular weight excluding hydrogens is 331 g/mol. The first kappa shape index (κ1) is 17.2. The number of carbonyl (C=O) groups is 2. The van der Waals surface area contributed by atoms with Crippen molar-refractivity contribution in [3.05, 3.63) is 35.6 Å². The molecule has 0 aromatic heterocycles. The molecule has 2 aliphatic rings. The zero-order valence-corrected chi connectivity index (χ0v) is 14.5. The van der Waals surface area contributed by atoms with E-state index in [1.54, 1.807) is 16.7 Å². The minimum atomic E-state index is -0.345. The molecule has 2 amide bonds. The fraction of sp³-hybridized carbons (Fsp3) is 0.529. The number of hydrogen-bond acceptors (Lipinski definition) is 4. The maximum Gasteiger partial charge on any atom is 0.254 e. The van der Waals surface area contributed by atoms with Crippen molar-refractivity contribution in [2.24, 2.45) is 0 Å². The van der Waals surface area contributed by atoms with E-state index in [0.717, 1.165) is 18.6 Å². The summed E-state index contributed by atoms with van der Waals surface area (Å²) in [5, 5.41) is 0. The maximum atomic E-state index is 13.1. The summed E-state index contributed by atoms with van der Waals surface area (Å²) in [6, 6.07) is 5.70. The summed E-state index contributed by atoms with van der Waals surface area (Å²) in [5.41, 5.74) is 0.510. The van der Waals surface area contributed by atoms with Gasteiger partial charge in [0.05, 0.1) is 4.87 Å². The standard InChI is InChI=1S/C17H21FN2O3S/c1-23-12-15(21)19-8-6-17(7-9-19)20(10-11-24-17)16(22)13-2-4-14(18)5-3-13/h2-5H,6-12H2,1H3. The van der Waals surface area contributed by atoms with Crippen LogP contribution >= 0.6 is 11.8 Å². The van der Waals surface area contributed by atoms with E-state index in [1.165, 1.54) is 31.4 Å². The number of rotatable bonds is 3. The number of methoxy groups -OCH3 is 1. The average molecular weight is 352 g/mol. The Kier molecular flexibility index (Phi) is 5.10. The van der Waals surface area contributed by atoms with E-state index < -0.39 is 0 Å². The van der Waals surface area contributed by atoms with Gasteiger partial charge in [0.15, 0.2) is 0 Å². The van der Waals surface area contributed by atoms with Crippen LogP contribution in [0.5, 0.6) is 0 Å². The molecule has 1 aromatic rings. The van der Waals surface area contributed by atoms with Crippen molar-refractivity contribution in [2.45, 2.75) is 17.7 Å². The van der Waals surface area contributed by atoms with Crippen molar-refractivity contribution in [2.75, 3.05) is 39.1 Å². The van der Waals surface area contributed by atoms with Gasteiger partial charge in [0, 0.05) is 38.1 Å². The van der Waals surface area contributed by atoms with Crippen molar-refractivity contribution < 1.29 is 18.7 Å². The highest BCUT2D eigenvalue weighted by molar-refractivity contribution is 8.00. The molecule has 3 rings (SSSR count). The molecule has 2 fully saturated rings. The van der Waals surface area contributed by atoms with Crippen LogP contribution in [0, 0.1) is 5.82 Å². The normalized spacial score (nSPS) is 19.8. The number of thioether (sulfide) groups is 1. The summed E-state index contributed by atoms with van der Waals surface area (Å²) < 4.78 is 18.0. The van der Waals surface area contributed by atoms with Crippen LogP contribution in [0.15, 0.2) is 24.3 Å². The van der Waals surface area contributed by atoms with E-state index in [4.69, 9.17) is 4.74 Å². The Morgan fingerprint density at radius 2 is 1.88 bits per heavy atom. The minimum absolute atomic E-state index is 0.00763. The van der Waals surface area contributed by atoms with Crippen LogP contribution in [-0.4, -0.2) is 65.6 Å². The van der Waals surface area contributed by atoms with Crippen LogP contribution in [0.2, 0.25) is 0 Å². The third kappa shape index (κ3) is 3.28. The van der Waals surface area contributed by atoms with Crippen molar-refractivity contribution >= 4 is 23.6 Å². The zero-order valence-electron chi connectivity index (χ0n) is 13.7. The van der Waals surface area contributed by atoms with Crippen LogP contribution < -0.4 is 0 Å². The number of hydrogen-bond donors (Lipinski definition) is 0. The highest BCUT2D eigenvalue weighted by atomic mass is 32.2. The molecule has 0 unspecified atom stereocenters. The molecule has 2 saturated heterocycles. The molecule has 2 heterocycles. The minimum Gasteiger partial charge on any atom is -0.375 e. The Morgan fingerprint density at radius 3 is 2.50 bits per heavy atom. The summed E-state index contributed by atoms with van der Waals surface area (Å²) >= 11 is 1.79. The molecule has 0 bridgehead atoms. The summed E-state index contributed by atoms with van der Waals surface area (Å²) in [5.74, 6) is 0.476. The first-order valence-corrected chi connectivity index (χ1v) is 9.02. The van der Waals surface area contributed by atoms with Gasteiger partial charge in [0.2, 0.25) is 5.91 Å². The number of likely N-dealkylation sites (tertiary alicyclic amines) is 1. The SMILES string of the molecule is COCC(=O)N1CCC2(CC1)SCCN2C(=O)c1ccc(F)cc1. The number of halogens is 1. The van der Waals surface area contributed by atoms with Gasteiger partial charge in [0.25, 0.3) is 5.91 Å². The second-order valence-electron chi connectivity index (χ2n) is 6.07. The van der Waals surface area contributed by atoms with Crippen LogP contribution in [-0.2, 0) is 9.53 Å². The summed E-state index contributed by atoms with van der Waals surface area (Å²) in [7, 11) is 1.51. The van der Waals surface area contributed by atoms with Crippen LogP contribution in [0.1, 0.15) is 23.2 Å². The molecule has 130 valence electrons. The smallest absolute Gasteiger partial charge is 0.254 e. The Bertz CT molecular complexity index is 615. The molecule has 0 N–H and O–H groups in total. The van der Waals surface area contributed by atoms with Crippen LogP contribution in [0.4, 0.5) is 4.39 Å². The number of amides is 2. The molecule has 7 heteroatoms. The van der Waals surface area contributed by atoms with Gasteiger partial charge < -0.3 is 14.5 Å². The van der Waals surface area contributed by atoms with E-state index in [9.17, 15) is 14.0 Å². The molecule has 0 aliphatic carbocycles. The van der Waals surface area contributed by atoms with Crippen molar-refractivity contribution in [1.29, 1.82) is 0 Å². The fourth-order valence-electron chi connectivity index (χ4n) is 3.38. The van der Waals surface area contributed by atoms with Gasteiger partial charge in [-0.1, -0.05) is 0 Å². The lowest BCUT2D eigenvalue weighted by Crippen LogP contribution is -2.54. The molecule has 24 heavy (non-hydrogen) atoms. The summed E-state index contributed by atoms with van der Waals surface area (Å²) in [4.78, 5) is 28.2. The monoisotopic (exact) mass is 352 g/mol. The van der Waals surface area contributed by atoms with Gasteiger partial charge in [-0.15, -0.1) is 11.8 Å². The third-order valence-electron chi connectivity index (χ3n) is 4.68. The lowest BCUT2D eigenvalue weighted by atomic mass is 10.0. The van der Waals surface area contributed by atoms with Gasteiger partial charge in [-0.2, -0.15) is 0 Å². The van der Waals surface area contributed by atoms with Gasteiger partial charge in [0.1, 0.15) is 12.4 Å². The second-order valence-corrected chi connectivity index (χ2v) is 7.53. The molecule has 0 radical (unpaired) electrons. The van der Waals surface area contributed by atoms with Crippen LogP contribution in [0.3, 0.4) is 0 Å². The van der Waals surface area contributed by atoms with Gasteiger partial charge in [-0.3, -0.25) is 9.59 Å². The highest BCUT2D eigenvalue weighted by Gasteiger charge is 2.46. The van der Waals surface area contributed by atoms with E-state index in [1.807, 2.05) is 4.90 Å². The number of benzene rings is 1. The van der Waals surface area contributed by atoms with Crippen molar-refractivity contribution in [3.8, 4) is 0 Å². The largest absolute Gasteiger partial charge is 0.375 e. The van der Waals surface area contributed by atoms with E-state index in [0.29, 0.717) is 25.2 Å². The first-order chi connectivity index (χ1) is 11.6. The predicted molar refractivity (Wildman–Crippen MR) is 90.3 cm³/mol. The Balaban J connectivity index is 1.70. The van der Waals surface area contributed by atoms with Gasteiger partial charge in [-0.25, -0.2) is 4.39 Å². The maximum absolute atomic E-state index is 13.1. The topological polar surface area (TPSA) is 49.9 Å². The predicted octanol–water partition coefficient (Wildman–Crippen LogP) is 1.98. The molecule has 0 saturated carbocycles. The number of carbonyl (C=O) groups excluding carboxylic acids is 2. The van der Waals surface area contributed by atoms with Crippen molar-refractivity contribution in [1.82, 2.24) is 9.80 Å². The van der Waals surface area contributed by atoms with E-state index in [2.05, 4.69) is 0 Å². The second kappa shape index (κ2) is 7.11. The molecule has 1 spiro atoms. The third-order valence-corrected chi connectivity index (χ3v) is 6.23. The van der Waals surface area contributed by atoms with E-state index >= 15 is 0 Å². The number of nitrogens with zero attached hydrogens (tertiary/aromatic N) is 2. The Labute approximate surface area is 145 Å². The molecule has 0 atom stereocenters. The quantitative estimate of drug-likeness (QED) is 0.835. The molecule has 5 nitrogen and oxygen atoms in total. The lowest BCUT2D eigenvalue weighted by molar-refractivity contribution is -0.136. The average Bonchev–Trinajstić information content (AvgIpc) is 2.99. The van der Waals surface area contributed by atoms with Crippen molar-refractivity contribution in [3.63, 3.8) is 0 Å². The molecular formula is C17H21FN2O3S. The summed E-state index contributed by atoms with van der Waals surface area (Å²) in [6.45, 7) is 2.04. The molecule has 2 aliphatic heterocycles. The molecule has 1 aromatic carbocycles. The van der Waals surface area contributed by atoms with E-state index in [-0.39, 0.29) is 29.1 Å². The first-order valence-electron chi connectivity index (χ1n) is 8.04. The van der Waals surface area contributed by atoms with Crippen LogP contribution in [0.25, 0.3) is 0 Å². The highest BCUT2D eigenvalue weighted by Crippen LogP contribution is 2.44. The Hall–Kier alpha value is -1.60.